The van der Waals surface area contributed by atoms with Crippen molar-refractivity contribution in [2.24, 2.45) is 15.0 Å². The summed E-state index contributed by atoms with van der Waals surface area (Å²) in [5.74, 6) is -7.30. The Morgan fingerprint density at radius 3 is 1.80 bits per heavy atom. The Balaban J connectivity index is 1.66. The molecule has 3 unspecified atom stereocenters. The van der Waals surface area contributed by atoms with Crippen molar-refractivity contribution in [3.05, 3.63) is 117 Å². The minimum Gasteiger partial charge on any atom is -0.481 e. The zero-order valence-corrected chi connectivity index (χ0v) is 33.6. The fourth-order valence-electron chi connectivity index (χ4n) is 7.22. The lowest BCUT2D eigenvalue weighted by Gasteiger charge is -2.20. The molecule has 5 rings (SSSR count). The number of carbonyl (C=O) groups excluding carboxylic acids is 2. The van der Waals surface area contributed by atoms with Gasteiger partial charge in [-0.3, -0.25) is 29.9 Å². The fourth-order valence-corrected chi connectivity index (χ4v) is 7.22. The highest BCUT2D eigenvalue weighted by atomic mass is 16.5. The molecule has 0 aromatic carbocycles. The van der Waals surface area contributed by atoms with E-state index in [4.69, 9.17) is 25.2 Å². The zero-order chi connectivity index (χ0) is 44.9. The number of carboxylic acids is 4. The lowest BCUT2D eigenvalue weighted by molar-refractivity contribution is -0.147. The topological polar surface area (TPSA) is 309 Å². The highest BCUT2D eigenvalue weighted by molar-refractivity contribution is 6.18. The van der Waals surface area contributed by atoms with Crippen LogP contribution in [0.5, 0.6) is 0 Å². The van der Waals surface area contributed by atoms with Crippen molar-refractivity contribution in [2.45, 2.75) is 83.9 Å². The third-order valence-electron chi connectivity index (χ3n) is 10.6. The molecule has 10 N–H and O–H groups in total. The highest BCUT2D eigenvalue weighted by Crippen LogP contribution is 2.40. The van der Waals surface area contributed by atoms with E-state index in [0.29, 0.717) is 73.4 Å². The summed E-state index contributed by atoms with van der Waals surface area (Å²) in [5, 5.41) is 66.4. The van der Waals surface area contributed by atoms with E-state index < -0.39 is 66.2 Å². The van der Waals surface area contributed by atoms with E-state index in [-0.39, 0.29) is 31.4 Å². The van der Waals surface area contributed by atoms with Crippen molar-refractivity contribution >= 4 is 52.8 Å². The number of carboxylic acid groups (broad SMARTS) is 4. The molecular formula is C42H45N7O12. The number of hydrogen-bond acceptors (Lipinski definition) is 13. The Labute approximate surface area is 348 Å². The van der Waals surface area contributed by atoms with Gasteiger partial charge in [0.25, 0.3) is 0 Å². The average Bonchev–Trinajstić information content (AvgIpc) is 3.81. The fraction of sp³-hybridized carbons (Fsp3) is 0.310. The first-order valence-corrected chi connectivity index (χ1v) is 18.9. The van der Waals surface area contributed by atoms with Gasteiger partial charge in [0.15, 0.2) is 0 Å². The number of aliphatic hydroxyl groups is 1. The molecule has 0 fully saturated rings. The van der Waals surface area contributed by atoms with Gasteiger partial charge in [0, 0.05) is 35.9 Å². The summed E-state index contributed by atoms with van der Waals surface area (Å²) in [5.41, 5.74) is 7.64. The lowest BCUT2D eigenvalue weighted by Crippen LogP contribution is -2.42. The van der Waals surface area contributed by atoms with Crippen molar-refractivity contribution in [3.8, 4) is 0 Å². The van der Waals surface area contributed by atoms with Crippen LogP contribution in [0.25, 0.3) is 0 Å². The molecule has 19 nitrogen and oxygen atoms in total. The number of carbonyl (C=O) groups is 6. The van der Waals surface area contributed by atoms with E-state index in [1.54, 1.807) is 51.2 Å². The predicted molar refractivity (Wildman–Crippen MR) is 220 cm³/mol. The molecule has 0 radical (unpaired) electrons. The molecule has 19 heteroatoms. The number of fused-ring (bicyclic) bond motifs is 5. The Kier molecular flexibility index (Phi) is 13.5. The van der Waals surface area contributed by atoms with Crippen LogP contribution in [0.4, 0.5) is 0 Å². The van der Waals surface area contributed by atoms with Crippen LogP contribution < -0.4 is 21.4 Å². The number of amides is 2. The summed E-state index contributed by atoms with van der Waals surface area (Å²) in [7, 11) is 0. The molecule has 0 aromatic rings. The zero-order valence-electron chi connectivity index (χ0n) is 33.6. The van der Waals surface area contributed by atoms with Gasteiger partial charge in [0.1, 0.15) is 17.7 Å². The maximum absolute atomic E-state index is 13.1. The number of hydroxylamine groups is 1. The van der Waals surface area contributed by atoms with Gasteiger partial charge in [-0.15, -0.1) is 0 Å². The van der Waals surface area contributed by atoms with Crippen LogP contribution in [0, 0.1) is 0 Å². The average molecular weight is 840 g/mol. The third-order valence-corrected chi connectivity index (χ3v) is 10.6. The molecule has 0 saturated carbocycles. The van der Waals surface area contributed by atoms with Crippen LogP contribution in [0.3, 0.4) is 0 Å². The number of rotatable bonds is 17. The largest absolute Gasteiger partial charge is 0.481 e. The Morgan fingerprint density at radius 1 is 0.738 bits per heavy atom. The van der Waals surface area contributed by atoms with Gasteiger partial charge in [-0.25, -0.2) is 24.6 Å². The predicted octanol–water partition coefficient (Wildman–Crippen LogP) is 2.78. The highest BCUT2D eigenvalue weighted by Gasteiger charge is 2.39. The second-order valence-corrected chi connectivity index (χ2v) is 14.7. The Hall–Kier alpha value is -7.25. The SMILES string of the molecule is C=CC1=C(C)C2=CC3=C(/C=C/NO)C(C)(O)C(=CC4=NC(=CC5=NC(=CC1=N2)C(C)=C5CCC(=O)NC(CC(=O)O)C(=O)O)C(CCC(=O)NC(CC(=O)O)C(=O)O)=C4C)N3. The summed E-state index contributed by atoms with van der Waals surface area (Å²) in [4.78, 5) is 86.6. The van der Waals surface area contributed by atoms with Gasteiger partial charge in [0.05, 0.1) is 52.8 Å². The molecule has 0 spiro atoms. The first-order valence-electron chi connectivity index (χ1n) is 18.9. The minimum absolute atomic E-state index is 0.00516. The van der Waals surface area contributed by atoms with E-state index in [2.05, 4.69) is 22.5 Å². The number of nitrogens with zero attached hydrogens (tertiary/aromatic N) is 3. The first kappa shape index (κ1) is 44.8. The first-order chi connectivity index (χ1) is 28.7. The summed E-state index contributed by atoms with van der Waals surface area (Å²) in [6, 6.07) is -3.33. The number of aliphatic imine (C=N–C) groups is 3. The number of allylic oxidation sites excluding steroid dienone is 11. The van der Waals surface area contributed by atoms with Gasteiger partial charge in [-0.2, -0.15) is 0 Å². The maximum Gasteiger partial charge on any atom is 0.326 e. The van der Waals surface area contributed by atoms with Gasteiger partial charge in [-0.1, -0.05) is 12.7 Å². The number of aliphatic carboxylic acids is 4. The van der Waals surface area contributed by atoms with Crippen LogP contribution in [0.15, 0.2) is 132 Å². The van der Waals surface area contributed by atoms with Crippen LogP contribution in [0.1, 0.15) is 66.2 Å². The summed E-state index contributed by atoms with van der Waals surface area (Å²) < 4.78 is 0. The Morgan fingerprint density at radius 2 is 1.26 bits per heavy atom. The molecule has 5 heterocycles. The van der Waals surface area contributed by atoms with Crippen molar-refractivity contribution < 1.29 is 59.5 Å². The molecule has 8 bridgehead atoms. The van der Waals surface area contributed by atoms with Crippen LogP contribution >= 0.6 is 0 Å². The normalized spacial score (nSPS) is 20.5. The smallest absolute Gasteiger partial charge is 0.326 e. The molecule has 5 aliphatic rings. The number of hydrogen-bond donors (Lipinski definition) is 10. The van der Waals surface area contributed by atoms with Crippen molar-refractivity contribution in [2.75, 3.05) is 0 Å². The van der Waals surface area contributed by atoms with Crippen LogP contribution in [-0.4, -0.2) is 101 Å². The van der Waals surface area contributed by atoms with Crippen molar-refractivity contribution in [1.29, 1.82) is 0 Å². The molecular weight excluding hydrogens is 794 g/mol. The summed E-state index contributed by atoms with van der Waals surface area (Å²) in [6.07, 6.45) is 8.93. The van der Waals surface area contributed by atoms with E-state index in [0.717, 1.165) is 5.57 Å². The van der Waals surface area contributed by atoms with E-state index in [1.807, 2.05) is 12.4 Å². The molecule has 5 aliphatic heterocycles. The monoisotopic (exact) mass is 839 g/mol. The Bertz CT molecular complexity index is 2410. The van der Waals surface area contributed by atoms with Crippen molar-refractivity contribution in [3.63, 3.8) is 0 Å². The maximum atomic E-state index is 13.1. The van der Waals surface area contributed by atoms with Gasteiger partial charge < -0.3 is 41.5 Å². The minimum atomic E-state index is -1.67. The molecule has 320 valence electrons. The van der Waals surface area contributed by atoms with E-state index in [1.165, 1.54) is 12.3 Å². The molecule has 3 atom stereocenters. The summed E-state index contributed by atoms with van der Waals surface area (Å²) in [6.45, 7) is 10.9. The van der Waals surface area contributed by atoms with Gasteiger partial charge in [-0.05, 0) is 98.8 Å². The second kappa shape index (κ2) is 18.3. The van der Waals surface area contributed by atoms with E-state index >= 15 is 0 Å². The lowest BCUT2D eigenvalue weighted by atomic mass is 9.92. The van der Waals surface area contributed by atoms with Gasteiger partial charge in [0.2, 0.25) is 11.8 Å². The standard InChI is InChI=1S/C42H45N7O12/c1-6-22-19(2)27-14-32-25(11-12-43-61)42(5,60)35(47-32)16-28-21(4)24(8-10-37(51)49-34(41(58)59)18-39(54)55)31(46-28)15-30-23(20(3)26(45-30)13-29(22)44-27)7-9-36(50)48-33(40(56)57)17-38(52)53/h6,11-16,33-34,43,47,60-61H,1,7-10,17-18H2,2-5H3,(H,48,50)(H,49,51)(H,52,53)(H,54,55)(H,56,57)(H,58,59)/b12-11+,26-13?,27-14?,31-15?,35-16?. The number of nitrogens with one attached hydrogen (secondary N) is 4. The molecule has 2 amide bonds. The quantitative estimate of drug-likeness (QED) is 0.0943. The van der Waals surface area contributed by atoms with E-state index in [9.17, 15) is 49.3 Å². The summed E-state index contributed by atoms with van der Waals surface area (Å²) >= 11 is 0. The molecule has 0 aromatic heterocycles. The molecule has 0 saturated heterocycles. The van der Waals surface area contributed by atoms with Crippen LogP contribution in [-0.2, 0) is 28.8 Å². The third kappa shape index (κ3) is 9.97. The van der Waals surface area contributed by atoms with Gasteiger partial charge >= 0.3 is 23.9 Å². The molecule has 0 aliphatic carbocycles. The molecule has 61 heavy (non-hydrogen) atoms. The van der Waals surface area contributed by atoms with Crippen molar-refractivity contribution in [1.82, 2.24) is 21.4 Å². The second-order valence-electron chi connectivity index (χ2n) is 14.7. The van der Waals surface area contributed by atoms with Crippen LogP contribution in [0.2, 0.25) is 0 Å².